The highest BCUT2D eigenvalue weighted by molar-refractivity contribution is 6.31. The second kappa shape index (κ2) is 10.3. The molecular weight excluding hydrogens is 456 g/mol. The van der Waals surface area contributed by atoms with Crippen molar-refractivity contribution >= 4 is 40.0 Å². The zero-order chi connectivity index (χ0) is 24.1. The number of benzene rings is 2. The summed E-state index contributed by atoms with van der Waals surface area (Å²) in [5.41, 5.74) is 15.0. The number of nitrogen functional groups attached to an aromatic ring is 2. The third-order valence-electron chi connectivity index (χ3n) is 5.20. The minimum Gasteiger partial charge on any atom is -0.493 e. The highest BCUT2D eigenvalue weighted by Crippen LogP contribution is 2.39. The van der Waals surface area contributed by atoms with E-state index in [0.29, 0.717) is 47.7 Å². The number of pyridine rings is 1. The molecule has 9 nitrogen and oxygen atoms in total. The molecule has 0 fully saturated rings. The third-order valence-corrected chi connectivity index (χ3v) is 5.43. The molecule has 0 aliphatic heterocycles. The molecule has 4 aromatic rings. The van der Waals surface area contributed by atoms with Gasteiger partial charge >= 0.3 is 0 Å². The van der Waals surface area contributed by atoms with E-state index in [4.69, 9.17) is 37.3 Å². The van der Waals surface area contributed by atoms with Crippen molar-refractivity contribution in [1.29, 1.82) is 0 Å². The zero-order valence-corrected chi connectivity index (χ0v) is 19.6. The standard InChI is InChI=1S/C24H25ClN6O3/c1-32-20-10-14(9-15-13-30-24(27)31-23(15)26)11-21(22(20)33-2)34-8-7-29-18-5-6-28-19-12-16(25)3-4-17(18)19/h3-6,10-13H,7-9H2,1-2H3,(H,28,29)(H4,26,27,30,31). The number of halogens is 1. The lowest BCUT2D eigenvalue weighted by molar-refractivity contribution is 0.292. The summed E-state index contributed by atoms with van der Waals surface area (Å²) in [6.45, 7) is 0.934. The molecule has 0 atom stereocenters. The van der Waals surface area contributed by atoms with Crippen LogP contribution < -0.4 is 31.0 Å². The maximum atomic E-state index is 6.08. The molecule has 10 heteroatoms. The molecule has 0 radical (unpaired) electrons. The third kappa shape index (κ3) is 5.15. The van der Waals surface area contributed by atoms with Crippen molar-refractivity contribution in [2.24, 2.45) is 0 Å². The number of fused-ring (bicyclic) bond motifs is 1. The Morgan fingerprint density at radius 1 is 1.00 bits per heavy atom. The summed E-state index contributed by atoms with van der Waals surface area (Å²) in [5, 5.41) is 5.02. The van der Waals surface area contributed by atoms with Crippen molar-refractivity contribution in [2.75, 3.05) is 44.2 Å². The number of anilines is 3. The fourth-order valence-electron chi connectivity index (χ4n) is 3.61. The summed E-state index contributed by atoms with van der Waals surface area (Å²) < 4.78 is 17.1. The molecule has 176 valence electrons. The van der Waals surface area contributed by atoms with Crippen LogP contribution in [-0.2, 0) is 6.42 Å². The molecule has 2 aromatic heterocycles. The predicted octanol–water partition coefficient (Wildman–Crippen LogP) is 3.94. The minimum absolute atomic E-state index is 0.134. The van der Waals surface area contributed by atoms with Crippen molar-refractivity contribution in [1.82, 2.24) is 15.0 Å². The second-order valence-electron chi connectivity index (χ2n) is 7.44. The number of nitrogens with one attached hydrogen (secondary N) is 1. The first-order valence-corrected chi connectivity index (χ1v) is 10.9. The topological polar surface area (TPSA) is 130 Å². The Morgan fingerprint density at radius 3 is 2.59 bits per heavy atom. The van der Waals surface area contributed by atoms with Gasteiger partial charge in [0.2, 0.25) is 11.7 Å². The van der Waals surface area contributed by atoms with E-state index in [0.717, 1.165) is 27.7 Å². The van der Waals surface area contributed by atoms with Gasteiger partial charge in [-0.15, -0.1) is 0 Å². The summed E-state index contributed by atoms with van der Waals surface area (Å²) in [7, 11) is 3.15. The van der Waals surface area contributed by atoms with E-state index in [-0.39, 0.29) is 5.95 Å². The first kappa shape index (κ1) is 23.2. The SMILES string of the molecule is COc1cc(Cc2cnc(N)nc2N)cc(OCCNc2ccnc3cc(Cl)ccc23)c1OC. The largest absolute Gasteiger partial charge is 0.493 e. The lowest BCUT2D eigenvalue weighted by Crippen LogP contribution is -2.12. The highest BCUT2D eigenvalue weighted by atomic mass is 35.5. The summed E-state index contributed by atoms with van der Waals surface area (Å²) in [6, 6.07) is 11.3. The molecule has 0 spiro atoms. The Balaban J connectivity index is 1.49. The number of aromatic nitrogens is 3. The maximum absolute atomic E-state index is 6.08. The zero-order valence-electron chi connectivity index (χ0n) is 18.8. The van der Waals surface area contributed by atoms with E-state index in [9.17, 15) is 0 Å². The monoisotopic (exact) mass is 480 g/mol. The predicted molar refractivity (Wildman–Crippen MR) is 134 cm³/mol. The smallest absolute Gasteiger partial charge is 0.221 e. The van der Waals surface area contributed by atoms with E-state index in [1.54, 1.807) is 26.6 Å². The summed E-state index contributed by atoms with van der Waals surface area (Å²) in [5.74, 6) is 2.08. The molecule has 34 heavy (non-hydrogen) atoms. The molecule has 0 aliphatic carbocycles. The molecule has 2 heterocycles. The van der Waals surface area contributed by atoms with Crippen LogP contribution in [0.2, 0.25) is 5.02 Å². The van der Waals surface area contributed by atoms with Gasteiger partial charge in [0.05, 0.1) is 19.7 Å². The Kier molecular flexibility index (Phi) is 7.03. The Labute approximate surface area is 202 Å². The van der Waals surface area contributed by atoms with Crippen molar-refractivity contribution in [3.63, 3.8) is 0 Å². The van der Waals surface area contributed by atoms with Crippen LogP contribution in [0.3, 0.4) is 0 Å². The molecule has 0 aliphatic rings. The van der Waals surface area contributed by atoms with Crippen LogP contribution in [-0.4, -0.2) is 42.3 Å². The molecule has 0 amide bonds. The fraction of sp³-hybridized carbons (Fsp3) is 0.208. The quantitative estimate of drug-likeness (QED) is 0.305. The van der Waals surface area contributed by atoms with Gasteiger partial charge in [-0.05, 0) is 42.0 Å². The van der Waals surface area contributed by atoms with Crippen LogP contribution in [0.1, 0.15) is 11.1 Å². The number of methoxy groups -OCH3 is 2. The molecule has 0 bridgehead atoms. The van der Waals surface area contributed by atoms with E-state index < -0.39 is 0 Å². The van der Waals surface area contributed by atoms with Crippen LogP contribution in [0.15, 0.2) is 48.8 Å². The highest BCUT2D eigenvalue weighted by Gasteiger charge is 2.15. The lowest BCUT2D eigenvalue weighted by Gasteiger charge is -2.17. The van der Waals surface area contributed by atoms with Gasteiger partial charge in [0, 0.05) is 47.0 Å². The van der Waals surface area contributed by atoms with E-state index in [2.05, 4.69) is 20.3 Å². The van der Waals surface area contributed by atoms with E-state index >= 15 is 0 Å². The Bertz CT molecular complexity index is 1320. The average Bonchev–Trinajstić information content (AvgIpc) is 2.83. The number of nitrogens with zero attached hydrogens (tertiary/aromatic N) is 3. The van der Waals surface area contributed by atoms with Crippen molar-refractivity contribution in [2.45, 2.75) is 6.42 Å². The minimum atomic E-state index is 0.134. The van der Waals surface area contributed by atoms with Gasteiger partial charge in [-0.1, -0.05) is 11.6 Å². The van der Waals surface area contributed by atoms with Crippen molar-refractivity contribution in [3.05, 3.63) is 64.9 Å². The van der Waals surface area contributed by atoms with Crippen LogP contribution >= 0.6 is 11.6 Å². The number of hydrogen-bond donors (Lipinski definition) is 3. The number of hydrogen-bond acceptors (Lipinski definition) is 9. The molecule has 4 rings (SSSR count). The average molecular weight is 481 g/mol. The molecule has 5 N–H and O–H groups in total. The molecule has 0 unspecified atom stereocenters. The fourth-order valence-corrected chi connectivity index (χ4v) is 3.77. The van der Waals surface area contributed by atoms with Gasteiger partial charge < -0.3 is 31.0 Å². The summed E-state index contributed by atoms with van der Waals surface area (Å²) in [4.78, 5) is 12.4. The van der Waals surface area contributed by atoms with Gasteiger partial charge in [0.25, 0.3) is 0 Å². The van der Waals surface area contributed by atoms with Gasteiger partial charge in [-0.3, -0.25) is 4.98 Å². The first-order chi connectivity index (χ1) is 16.5. The van der Waals surface area contributed by atoms with Crippen LogP contribution in [0.25, 0.3) is 10.9 Å². The second-order valence-corrected chi connectivity index (χ2v) is 7.88. The van der Waals surface area contributed by atoms with Gasteiger partial charge in [0.1, 0.15) is 12.4 Å². The van der Waals surface area contributed by atoms with Crippen molar-refractivity contribution in [3.8, 4) is 17.2 Å². The van der Waals surface area contributed by atoms with Crippen LogP contribution in [0.5, 0.6) is 17.2 Å². The van der Waals surface area contributed by atoms with Gasteiger partial charge in [0.15, 0.2) is 11.5 Å². The van der Waals surface area contributed by atoms with E-state index in [1.807, 2.05) is 36.4 Å². The maximum Gasteiger partial charge on any atom is 0.221 e. The van der Waals surface area contributed by atoms with Gasteiger partial charge in [-0.2, -0.15) is 4.98 Å². The first-order valence-electron chi connectivity index (χ1n) is 10.5. The molecular formula is C24H25ClN6O3. The van der Waals surface area contributed by atoms with Gasteiger partial charge in [-0.25, -0.2) is 4.98 Å². The normalized spacial score (nSPS) is 10.8. The number of nitrogens with two attached hydrogens (primary N) is 2. The van der Waals surface area contributed by atoms with Crippen LogP contribution in [0, 0.1) is 0 Å². The molecule has 0 saturated heterocycles. The molecule has 0 saturated carbocycles. The Morgan fingerprint density at radius 2 is 1.82 bits per heavy atom. The number of ether oxygens (including phenoxy) is 3. The van der Waals surface area contributed by atoms with Crippen molar-refractivity contribution < 1.29 is 14.2 Å². The van der Waals surface area contributed by atoms with E-state index in [1.165, 1.54) is 0 Å². The summed E-state index contributed by atoms with van der Waals surface area (Å²) >= 11 is 6.08. The number of rotatable bonds is 9. The summed E-state index contributed by atoms with van der Waals surface area (Å²) in [6.07, 6.45) is 3.84. The lowest BCUT2D eigenvalue weighted by atomic mass is 10.1. The Hall–Kier alpha value is -3.98. The molecule has 2 aromatic carbocycles. The van der Waals surface area contributed by atoms with Crippen LogP contribution in [0.4, 0.5) is 17.5 Å².